The van der Waals surface area contributed by atoms with Crippen LogP contribution in [0.15, 0.2) is 58.2 Å². The van der Waals surface area contributed by atoms with E-state index in [9.17, 15) is 24.0 Å². The van der Waals surface area contributed by atoms with Crippen LogP contribution in [0.4, 0.5) is 4.39 Å². The van der Waals surface area contributed by atoms with Crippen LogP contribution in [0.1, 0.15) is 62.2 Å². The Morgan fingerprint density at radius 1 is 1.34 bits per heavy atom. The fraction of sp³-hybridized carbons (Fsp3) is 0.452. The Balaban J connectivity index is 1.61. The van der Waals surface area contributed by atoms with Crippen molar-refractivity contribution in [3.63, 3.8) is 0 Å². The van der Waals surface area contributed by atoms with E-state index in [0.717, 1.165) is 0 Å². The molecule has 1 fully saturated rings. The third-order valence-corrected chi connectivity index (χ3v) is 8.30. The molecule has 1 aliphatic carbocycles. The Labute approximate surface area is 254 Å². The standard InChI is InChI=1S/C31H35FN8O4/c1-17-12-20(9-10-23(17)44-24-13-18(2)36-38-28(24)42)27(41)35-19(3)29(43)40-25(30(4,5)16-33)14-22(37-39-34)26(40)31(6)11-7-8-21(32)15-31/h7-10,12-13,15,19,22,25-26,34H,11,14H2,1-6H3,(H-,35,38,41,42)/p+1/t19-,22+,25-,26+,31?/m1/s1. The van der Waals surface area contributed by atoms with Crippen molar-refractivity contribution in [3.8, 4) is 17.6 Å². The molecule has 3 N–H and O–H groups in total. The van der Waals surface area contributed by atoms with Gasteiger partial charge in [-0.3, -0.25) is 14.4 Å². The summed E-state index contributed by atoms with van der Waals surface area (Å²) in [7, 11) is 0. The zero-order valence-corrected chi connectivity index (χ0v) is 25.5. The fourth-order valence-electron chi connectivity index (χ4n) is 6.00. The number of benzene rings is 1. The predicted octanol–water partition coefficient (Wildman–Crippen LogP) is 4.56. The van der Waals surface area contributed by atoms with Crippen molar-refractivity contribution in [1.29, 1.82) is 10.8 Å². The summed E-state index contributed by atoms with van der Waals surface area (Å²) in [4.78, 5) is 44.4. The largest absolute Gasteiger partial charge is 0.451 e. The number of aryl methyl sites for hydroxylation is 2. The summed E-state index contributed by atoms with van der Waals surface area (Å²) in [5.41, 5.74) is 6.39. The highest BCUT2D eigenvalue weighted by Gasteiger charge is 2.58. The molecule has 2 aromatic rings. The highest BCUT2D eigenvalue weighted by Crippen LogP contribution is 2.48. The van der Waals surface area contributed by atoms with Gasteiger partial charge in [0.2, 0.25) is 10.8 Å². The summed E-state index contributed by atoms with van der Waals surface area (Å²) in [5, 5.41) is 23.0. The van der Waals surface area contributed by atoms with E-state index in [1.165, 1.54) is 24.3 Å². The minimum absolute atomic E-state index is 0.0622. The number of carbonyl (C=O) groups is 2. The summed E-state index contributed by atoms with van der Waals surface area (Å²) in [6, 6.07) is 5.38. The molecule has 12 nitrogen and oxygen atoms in total. The molecule has 2 aliphatic rings. The smallest absolute Gasteiger partial charge is 0.307 e. The topological polar surface area (TPSA) is 178 Å². The molecule has 0 saturated carbocycles. The molecule has 1 saturated heterocycles. The molecule has 0 spiro atoms. The molecule has 4 rings (SSSR count). The normalized spacial score (nSPS) is 23.6. The second-order valence-corrected chi connectivity index (χ2v) is 12.2. The Kier molecular flexibility index (Phi) is 8.97. The fourth-order valence-corrected chi connectivity index (χ4v) is 6.00. The van der Waals surface area contributed by atoms with E-state index in [4.69, 9.17) is 10.3 Å². The minimum Gasteiger partial charge on any atom is -0.451 e. The van der Waals surface area contributed by atoms with Crippen LogP contribution in [-0.4, -0.2) is 51.1 Å². The van der Waals surface area contributed by atoms with Gasteiger partial charge < -0.3 is 15.0 Å². The van der Waals surface area contributed by atoms with Crippen LogP contribution in [0.3, 0.4) is 0 Å². The van der Waals surface area contributed by atoms with Gasteiger partial charge in [0.15, 0.2) is 11.8 Å². The van der Waals surface area contributed by atoms with Crippen LogP contribution in [0, 0.1) is 41.5 Å². The number of hydrogen-bond acceptors (Lipinski definition) is 8. The van der Waals surface area contributed by atoms with Crippen LogP contribution >= 0.6 is 0 Å². The maximum atomic E-state index is 14.6. The number of H-pyrrole nitrogens is 1. The molecule has 1 unspecified atom stereocenters. The van der Waals surface area contributed by atoms with Gasteiger partial charge in [0.05, 0.1) is 29.3 Å². The zero-order valence-electron chi connectivity index (χ0n) is 25.5. The van der Waals surface area contributed by atoms with Gasteiger partial charge in [0.1, 0.15) is 28.3 Å². The lowest BCUT2D eigenvalue weighted by Crippen LogP contribution is -2.58. The van der Waals surface area contributed by atoms with Gasteiger partial charge in [-0.05, 0) is 77.0 Å². The summed E-state index contributed by atoms with van der Waals surface area (Å²) >= 11 is 0. The minimum atomic E-state index is -1.03. The molecule has 2 amide bonds. The molecule has 0 bridgehead atoms. The van der Waals surface area contributed by atoms with E-state index in [1.807, 2.05) is 6.92 Å². The molecule has 1 aromatic heterocycles. The zero-order chi connectivity index (χ0) is 32.4. The Morgan fingerprint density at radius 3 is 2.70 bits per heavy atom. The monoisotopic (exact) mass is 603 g/mol. The van der Waals surface area contributed by atoms with Crippen molar-refractivity contribution in [2.45, 2.75) is 78.6 Å². The number of ether oxygens (including phenoxy) is 1. The van der Waals surface area contributed by atoms with Gasteiger partial charge >= 0.3 is 5.56 Å². The average Bonchev–Trinajstić information content (AvgIpc) is 3.36. The number of halogens is 1. The number of carbonyl (C=O) groups excluding carboxylic acids is 2. The molecule has 0 radical (unpaired) electrons. The Hall–Kier alpha value is -4.95. The lowest BCUT2D eigenvalue weighted by atomic mass is 9.74. The molecule has 230 valence electrons. The van der Waals surface area contributed by atoms with Gasteiger partial charge in [0, 0.05) is 23.5 Å². The highest BCUT2D eigenvalue weighted by atomic mass is 19.1. The molecule has 1 aliphatic heterocycles. The van der Waals surface area contributed by atoms with E-state index in [1.54, 1.807) is 57.7 Å². The number of aromatic nitrogens is 2. The van der Waals surface area contributed by atoms with Gasteiger partial charge in [-0.1, -0.05) is 13.0 Å². The molecule has 5 atom stereocenters. The summed E-state index contributed by atoms with van der Waals surface area (Å²) in [6.07, 6.45) is 5.14. The number of nitriles is 1. The third kappa shape index (κ3) is 6.35. The van der Waals surface area contributed by atoms with E-state index in [2.05, 4.69) is 31.6 Å². The van der Waals surface area contributed by atoms with Crippen LogP contribution in [-0.2, 0) is 4.79 Å². The SMILES string of the molecule is Cc1cc(Oc2ccc(C(=O)N[C@H](C)C(=O)N3[C@H](C4(C)C=C(F)C=CC4)[C@@H](N=[N+]=N)C[C@@H]3C(C)(C)C#N)cc2C)c(=O)[nH]n1. The van der Waals surface area contributed by atoms with Crippen LogP contribution in [0.25, 0.3) is 0 Å². The van der Waals surface area contributed by atoms with Gasteiger partial charge in [-0.25, -0.2) is 9.49 Å². The maximum absolute atomic E-state index is 14.6. The number of likely N-dealkylation sites (tertiary alicyclic amines) is 1. The van der Waals surface area contributed by atoms with Crippen molar-refractivity contribution in [2.75, 3.05) is 0 Å². The lowest BCUT2D eigenvalue weighted by Gasteiger charge is -2.44. The van der Waals surface area contributed by atoms with E-state index >= 15 is 0 Å². The van der Waals surface area contributed by atoms with Crippen molar-refractivity contribution < 1.29 is 18.7 Å². The Morgan fingerprint density at radius 2 is 2.07 bits per heavy atom. The first-order valence-electron chi connectivity index (χ1n) is 14.2. The average molecular weight is 604 g/mol. The number of aromatic amines is 1. The van der Waals surface area contributed by atoms with Crippen LogP contribution in [0.5, 0.6) is 11.5 Å². The first-order valence-corrected chi connectivity index (χ1v) is 14.2. The molecule has 2 heterocycles. The molecular formula is C31H36FN8O4+. The quantitative estimate of drug-likeness (QED) is 0.294. The van der Waals surface area contributed by atoms with Crippen molar-refractivity contribution in [3.05, 3.63) is 75.5 Å². The van der Waals surface area contributed by atoms with Crippen molar-refractivity contribution in [1.82, 2.24) is 25.3 Å². The number of allylic oxidation sites excluding steroid dienone is 3. The number of hydrogen-bond donors (Lipinski definition) is 3. The molecular weight excluding hydrogens is 567 g/mol. The lowest BCUT2D eigenvalue weighted by molar-refractivity contribution is -0.139. The number of nitrogens with one attached hydrogen (secondary N) is 3. The van der Waals surface area contributed by atoms with Crippen molar-refractivity contribution in [2.24, 2.45) is 15.9 Å². The predicted molar refractivity (Wildman–Crippen MR) is 158 cm³/mol. The van der Waals surface area contributed by atoms with Crippen LogP contribution in [0.2, 0.25) is 0 Å². The molecule has 44 heavy (non-hydrogen) atoms. The Bertz CT molecular complexity index is 1690. The molecule has 13 heteroatoms. The third-order valence-electron chi connectivity index (χ3n) is 8.30. The first kappa shape index (κ1) is 32.0. The second-order valence-electron chi connectivity index (χ2n) is 12.2. The summed E-state index contributed by atoms with van der Waals surface area (Å²) in [5.74, 6) is -1.01. The molecule has 1 aromatic carbocycles. The number of amides is 2. The summed E-state index contributed by atoms with van der Waals surface area (Å²) < 4.78 is 20.3. The first-order chi connectivity index (χ1) is 20.7. The second kappa shape index (κ2) is 12.3. The number of rotatable bonds is 8. The maximum Gasteiger partial charge on any atom is 0.307 e. The highest BCUT2D eigenvalue weighted by molar-refractivity contribution is 5.98. The van der Waals surface area contributed by atoms with Gasteiger partial charge in [-0.2, -0.15) is 10.4 Å². The van der Waals surface area contributed by atoms with Gasteiger partial charge in [0.25, 0.3) is 5.91 Å². The summed E-state index contributed by atoms with van der Waals surface area (Å²) in [6.45, 7) is 10.2. The van der Waals surface area contributed by atoms with Crippen molar-refractivity contribution >= 4 is 11.8 Å². The van der Waals surface area contributed by atoms with Crippen LogP contribution < -0.4 is 20.5 Å². The van der Waals surface area contributed by atoms with E-state index in [-0.39, 0.29) is 17.7 Å². The number of nitrogens with zero attached hydrogens (tertiary/aromatic N) is 5. The van der Waals surface area contributed by atoms with E-state index < -0.39 is 58.2 Å². The van der Waals surface area contributed by atoms with Gasteiger partial charge in [-0.15, -0.1) is 0 Å². The van der Waals surface area contributed by atoms with E-state index in [0.29, 0.717) is 23.4 Å².